The zero-order chi connectivity index (χ0) is 13.5. The summed E-state index contributed by atoms with van der Waals surface area (Å²) in [5.74, 6) is 0.640. The van der Waals surface area contributed by atoms with Crippen molar-refractivity contribution in [3.63, 3.8) is 0 Å². The van der Waals surface area contributed by atoms with Gasteiger partial charge in [-0.2, -0.15) is 14.5 Å². The molecule has 0 amide bonds. The average Bonchev–Trinajstić information content (AvgIpc) is 3.06. The van der Waals surface area contributed by atoms with Crippen LogP contribution in [0, 0.1) is 0 Å². The van der Waals surface area contributed by atoms with Crippen LogP contribution in [-0.4, -0.2) is 41.2 Å². The summed E-state index contributed by atoms with van der Waals surface area (Å²) < 4.78 is 36.9. The molecular weight excluding hydrogens is 290 g/mol. The molecule has 102 valence electrons. The number of methoxy groups -OCH3 is 1. The smallest absolute Gasteiger partial charge is 0.277 e. The highest BCUT2D eigenvalue weighted by atomic mass is 32.2. The highest BCUT2D eigenvalue weighted by Gasteiger charge is 2.32. The Labute approximate surface area is 113 Å². The SMILES string of the molecule is COc1cc(S(=O)(=O)N2CCCn3ncnc32)sn1. The van der Waals surface area contributed by atoms with E-state index in [4.69, 9.17) is 4.74 Å². The van der Waals surface area contributed by atoms with Crippen molar-refractivity contribution in [1.82, 2.24) is 19.1 Å². The summed E-state index contributed by atoms with van der Waals surface area (Å²) in [6.07, 6.45) is 2.06. The first-order chi connectivity index (χ1) is 9.13. The highest BCUT2D eigenvalue weighted by molar-refractivity contribution is 7.94. The van der Waals surface area contributed by atoms with Gasteiger partial charge in [-0.3, -0.25) is 0 Å². The standard InChI is InChI=1S/C9H11N5O3S2/c1-17-7-5-8(18-12-7)19(15,16)14-4-2-3-13-9(14)10-6-11-13/h5-6H,2-4H2,1H3. The Morgan fingerprint density at radius 1 is 1.42 bits per heavy atom. The lowest BCUT2D eigenvalue weighted by Gasteiger charge is -2.26. The molecule has 10 heteroatoms. The summed E-state index contributed by atoms with van der Waals surface area (Å²) in [4.78, 5) is 4.01. The third kappa shape index (κ3) is 1.96. The molecule has 0 spiro atoms. The van der Waals surface area contributed by atoms with Gasteiger partial charge in [0, 0.05) is 19.2 Å². The van der Waals surface area contributed by atoms with Gasteiger partial charge in [-0.25, -0.2) is 17.4 Å². The molecule has 1 aliphatic rings. The van der Waals surface area contributed by atoms with Gasteiger partial charge in [0.25, 0.3) is 10.0 Å². The quantitative estimate of drug-likeness (QED) is 0.812. The minimum atomic E-state index is -3.65. The van der Waals surface area contributed by atoms with Crippen molar-refractivity contribution in [3.05, 3.63) is 12.4 Å². The van der Waals surface area contributed by atoms with E-state index in [1.807, 2.05) is 0 Å². The van der Waals surface area contributed by atoms with Crippen LogP contribution in [0.2, 0.25) is 0 Å². The molecule has 2 aromatic heterocycles. The monoisotopic (exact) mass is 301 g/mol. The molecule has 0 aliphatic carbocycles. The molecule has 0 radical (unpaired) electrons. The van der Waals surface area contributed by atoms with Crippen LogP contribution in [-0.2, 0) is 16.6 Å². The molecule has 0 bridgehead atoms. The molecule has 0 unspecified atom stereocenters. The van der Waals surface area contributed by atoms with Crippen LogP contribution >= 0.6 is 11.5 Å². The first-order valence-electron chi connectivity index (χ1n) is 5.54. The van der Waals surface area contributed by atoms with Gasteiger partial charge in [-0.1, -0.05) is 0 Å². The Hall–Kier alpha value is -1.68. The number of rotatable bonds is 3. The van der Waals surface area contributed by atoms with E-state index >= 15 is 0 Å². The van der Waals surface area contributed by atoms with Crippen LogP contribution < -0.4 is 9.04 Å². The maximum Gasteiger partial charge on any atom is 0.277 e. The number of sulfonamides is 1. The number of hydrogen-bond donors (Lipinski definition) is 0. The van der Waals surface area contributed by atoms with E-state index in [2.05, 4.69) is 14.5 Å². The summed E-state index contributed by atoms with van der Waals surface area (Å²) in [7, 11) is -2.20. The molecule has 3 rings (SSSR count). The van der Waals surface area contributed by atoms with E-state index in [9.17, 15) is 8.42 Å². The fraction of sp³-hybridized carbons (Fsp3) is 0.444. The second kappa shape index (κ2) is 4.46. The van der Waals surface area contributed by atoms with Crippen LogP contribution in [0.1, 0.15) is 6.42 Å². The Balaban J connectivity index is 2.02. The van der Waals surface area contributed by atoms with Crippen LogP contribution in [0.4, 0.5) is 5.95 Å². The molecular formula is C9H11N5O3S2. The summed E-state index contributed by atoms with van der Waals surface area (Å²) in [5.41, 5.74) is 0. The Morgan fingerprint density at radius 3 is 3.00 bits per heavy atom. The van der Waals surface area contributed by atoms with Crippen molar-refractivity contribution in [2.75, 3.05) is 18.0 Å². The van der Waals surface area contributed by atoms with Crippen LogP contribution in [0.3, 0.4) is 0 Å². The van der Waals surface area contributed by atoms with Crippen LogP contribution in [0.25, 0.3) is 0 Å². The molecule has 0 atom stereocenters. The van der Waals surface area contributed by atoms with Crippen molar-refractivity contribution < 1.29 is 13.2 Å². The largest absolute Gasteiger partial charge is 0.480 e. The third-order valence-electron chi connectivity index (χ3n) is 2.77. The first kappa shape index (κ1) is 12.4. The van der Waals surface area contributed by atoms with Gasteiger partial charge in [-0.15, -0.1) is 0 Å². The van der Waals surface area contributed by atoms with E-state index in [-0.39, 0.29) is 4.21 Å². The summed E-state index contributed by atoms with van der Waals surface area (Å²) in [6, 6.07) is 1.41. The van der Waals surface area contributed by atoms with E-state index < -0.39 is 10.0 Å². The van der Waals surface area contributed by atoms with E-state index in [1.165, 1.54) is 23.8 Å². The van der Waals surface area contributed by atoms with Gasteiger partial charge in [0.1, 0.15) is 6.33 Å². The number of anilines is 1. The molecule has 8 nitrogen and oxygen atoms in total. The van der Waals surface area contributed by atoms with Crippen LogP contribution in [0.15, 0.2) is 16.6 Å². The molecule has 0 fully saturated rings. The number of aromatic nitrogens is 4. The fourth-order valence-electron chi connectivity index (χ4n) is 1.87. The molecule has 0 N–H and O–H groups in total. The summed E-state index contributed by atoms with van der Waals surface area (Å²) >= 11 is 0.890. The number of hydrogen-bond acceptors (Lipinski definition) is 7. The topological polar surface area (TPSA) is 90.2 Å². The Morgan fingerprint density at radius 2 is 2.26 bits per heavy atom. The zero-order valence-corrected chi connectivity index (χ0v) is 11.7. The molecule has 3 heterocycles. The van der Waals surface area contributed by atoms with Crippen LogP contribution in [0.5, 0.6) is 5.88 Å². The fourth-order valence-corrected chi connectivity index (χ4v) is 4.28. The molecule has 2 aromatic rings. The molecule has 1 aliphatic heterocycles. The number of fused-ring (bicyclic) bond motifs is 1. The second-order valence-electron chi connectivity index (χ2n) is 3.90. The normalized spacial score (nSPS) is 15.3. The minimum Gasteiger partial charge on any atom is -0.480 e. The predicted octanol–water partition coefficient (Wildman–Crippen LogP) is 0.342. The van der Waals surface area contributed by atoms with Gasteiger partial charge in [-0.05, 0) is 18.0 Å². The van der Waals surface area contributed by atoms with Gasteiger partial charge in [0.15, 0.2) is 4.21 Å². The predicted molar refractivity (Wildman–Crippen MR) is 67.8 cm³/mol. The third-order valence-corrected chi connectivity index (χ3v) is 5.75. The Bertz CT molecular complexity index is 692. The van der Waals surface area contributed by atoms with Gasteiger partial charge >= 0.3 is 0 Å². The number of ether oxygens (including phenoxy) is 1. The van der Waals surface area contributed by atoms with Gasteiger partial charge in [0.2, 0.25) is 11.8 Å². The zero-order valence-electron chi connectivity index (χ0n) is 10.1. The van der Waals surface area contributed by atoms with Gasteiger partial charge in [0.05, 0.1) is 7.11 Å². The number of nitrogens with zero attached hydrogens (tertiary/aromatic N) is 5. The lowest BCUT2D eigenvalue weighted by Crippen LogP contribution is -2.37. The maximum absolute atomic E-state index is 12.5. The second-order valence-corrected chi connectivity index (χ2v) is 6.80. The summed E-state index contributed by atoms with van der Waals surface area (Å²) in [5, 5.41) is 4.00. The maximum atomic E-state index is 12.5. The highest BCUT2D eigenvalue weighted by Crippen LogP contribution is 2.29. The lowest BCUT2D eigenvalue weighted by atomic mass is 10.4. The van der Waals surface area contributed by atoms with Crippen molar-refractivity contribution >= 4 is 27.5 Å². The first-order valence-corrected chi connectivity index (χ1v) is 7.75. The van der Waals surface area contributed by atoms with Crippen molar-refractivity contribution in [1.29, 1.82) is 0 Å². The Kier molecular flexibility index (Phi) is 2.90. The summed E-state index contributed by atoms with van der Waals surface area (Å²) in [6.45, 7) is 1.06. The molecule has 0 saturated heterocycles. The molecule has 19 heavy (non-hydrogen) atoms. The van der Waals surface area contributed by atoms with Crippen molar-refractivity contribution in [2.45, 2.75) is 17.2 Å². The molecule has 0 saturated carbocycles. The lowest BCUT2D eigenvalue weighted by molar-refractivity contribution is 0.402. The van der Waals surface area contributed by atoms with Crippen molar-refractivity contribution in [3.8, 4) is 5.88 Å². The minimum absolute atomic E-state index is 0.140. The van der Waals surface area contributed by atoms with E-state index in [0.717, 1.165) is 11.5 Å². The average molecular weight is 301 g/mol. The van der Waals surface area contributed by atoms with E-state index in [0.29, 0.717) is 31.3 Å². The van der Waals surface area contributed by atoms with Crippen molar-refractivity contribution in [2.24, 2.45) is 0 Å². The number of aryl methyl sites for hydroxylation is 1. The molecule has 0 aromatic carbocycles. The van der Waals surface area contributed by atoms with E-state index in [1.54, 1.807) is 4.68 Å². The van der Waals surface area contributed by atoms with Gasteiger partial charge < -0.3 is 4.74 Å².